The third-order valence-corrected chi connectivity index (χ3v) is 2.65. The Hall–Kier alpha value is -2.50. The predicted octanol–water partition coefficient (Wildman–Crippen LogP) is 3.08. The van der Waals surface area contributed by atoms with Gasteiger partial charge in [0.15, 0.2) is 7.45 Å². The largest absolute Gasteiger partial charge is 0.479 e. The lowest BCUT2D eigenvalue weighted by atomic mass is 10.1. The van der Waals surface area contributed by atoms with Crippen molar-refractivity contribution < 1.29 is 25.3 Å². The number of hydrogen-bond donors (Lipinski definition) is 2. The molecule has 1 unspecified atom stereocenters. The molecule has 1 aromatic carbocycles. The molecule has 0 aliphatic heterocycles. The van der Waals surface area contributed by atoms with Gasteiger partial charge in [0.1, 0.15) is 11.2 Å². The molecule has 0 saturated heterocycles. The molecule has 2 rings (SSSR count). The molecular formula is C15H17NO5. The number of furan rings is 1. The van der Waals surface area contributed by atoms with Crippen molar-refractivity contribution in [3.05, 3.63) is 36.1 Å². The minimum atomic E-state index is -1.46. The van der Waals surface area contributed by atoms with Gasteiger partial charge in [-0.3, -0.25) is 0 Å². The first-order valence-electron chi connectivity index (χ1n) is 6.85. The first-order chi connectivity index (χ1) is 10.2. The lowest BCUT2D eigenvalue weighted by Crippen LogP contribution is -2.38. The van der Waals surface area contributed by atoms with E-state index in [9.17, 15) is 14.7 Å². The summed E-state index contributed by atoms with van der Waals surface area (Å²) in [5, 5.41) is 10.4. The van der Waals surface area contributed by atoms with Crippen molar-refractivity contribution in [3.63, 3.8) is 0 Å². The fraction of sp³-hybridized carbons (Fsp3) is 0.333. The Morgan fingerprint density at radius 1 is 1.38 bits per heavy atom. The van der Waals surface area contributed by atoms with E-state index >= 15 is 0 Å². The van der Waals surface area contributed by atoms with Gasteiger partial charge in [-0.15, -0.1) is 0 Å². The van der Waals surface area contributed by atoms with Crippen LogP contribution in [0, 0.1) is 0 Å². The van der Waals surface area contributed by atoms with Crippen LogP contribution in [0.5, 0.6) is 0 Å². The Labute approximate surface area is 123 Å². The Morgan fingerprint density at radius 3 is 2.71 bits per heavy atom. The van der Waals surface area contributed by atoms with Crippen molar-refractivity contribution in [3.8, 4) is 0 Å². The molecule has 0 fully saturated rings. The number of carbonyl (C=O) groups is 2. The topological polar surface area (TPSA) is 88.8 Å². The summed E-state index contributed by atoms with van der Waals surface area (Å²) in [7, 11) is 0. The lowest BCUT2D eigenvalue weighted by Gasteiger charge is -2.22. The van der Waals surface area contributed by atoms with Crippen LogP contribution in [-0.2, 0) is 9.53 Å². The zero-order valence-corrected chi connectivity index (χ0v) is 12.0. The zero-order valence-electron chi connectivity index (χ0n) is 13.0. The third-order valence-electron chi connectivity index (χ3n) is 2.65. The number of rotatable bonds is 3. The first kappa shape index (κ1) is 13.5. The number of ether oxygens (including phenoxy) is 1. The average molecular weight is 292 g/mol. The van der Waals surface area contributed by atoms with Crippen LogP contribution in [0.4, 0.5) is 4.79 Å². The maximum Gasteiger partial charge on any atom is 0.408 e. The quantitative estimate of drug-likeness (QED) is 0.907. The van der Waals surface area contributed by atoms with Gasteiger partial charge in [-0.25, -0.2) is 9.59 Å². The van der Waals surface area contributed by atoms with E-state index in [1.165, 1.54) is 12.3 Å². The average Bonchev–Trinajstić information content (AvgIpc) is 2.83. The molecule has 0 radical (unpaired) electrons. The van der Waals surface area contributed by atoms with E-state index in [2.05, 4.69) is 0 Å². The zero-order chi connectivity index (χ0) is 16.5. The molecule has 0 aliphatic rings. The fourth-order valence-electron chi connectivity index (χ4n) is 1.82. The van der Waals surface area contributed by atoms with Crippen LogP contribution >= 0.6 is 0 Å². The molecular weight excluding hydrogens is 274 g/mol. The number of nitrogens with one attached hydrogen (secondary N) is 1. The van der Waals surface area contributed by atoms with Crippen LogP contribution in [0.25, 0.3) is 11.0 Å². The number of carboxylic acid groups (broad SMARTS) is 1. The van der Waals surface area contributed by atoms with Gasteiger partial charge in [-0.2, -0.15) is 0 Å². The Morgan fingerprint density at radius 2 is 2.10 bits per heavy atom. The SMILES string of the molecule is [2H]N(C(=O)OC(C)(C)C)C(C(=O)O)c1ccc2occc2c1. The number of carbonyl (C=O) groups excluding carboxylic acids is 1. The monoisotopic (exact) mass is 292 g/mol. The molecule has 1 amide bonds. The highest BCUT2D eigenvalue weighted by Gasteiger charge is 2.25. The summed E-state index contributed by atoms with van der Waals surface area (Å²) in [6.45, 7) is 4.93. The van der Waals surface area contributed by atoms with E-state index in [0.717, 1.165) is 0 Å². The number of hydrogen-bond acceptors (Lipinski definition) is 4. The van der Waals surface area contributed by atoms with Crippen LogP contribution in [-0.4, -0.2) is 22.8 Å². The van der Waals surface area contributed by atoms with Gasteiger partial charge in [0.2, 0.25) is 0 Å². The molecule has 6 nitrogen and oxygen atoms in total. The minimum absolute atomic E-state index is 0.294. The van der Waals surface area contributed by atoms with E-state index in [4.69, 9.17) is 10.6 Å². The predicted molar refractivity (Wildman–Crippen MR) is 76.0 cm³/mol. The van der Waals surface area contributed by atoms with Gasteiger partial charge < -0.3 is 19.6 Å². The van der Waals surface area contributed by atoms with Gasteiger partial charge in [0, 0.05) is 5.39 Å². The highest BCUT2D eigenvalue weighted by Crippen LogP contribution is 2.22. The molecule has 1 atom stereocenters. The molecule has 21 heavy (non-hydrogen) atoms. The molecule has 2 N–H and O–H groups in total. The second-order valence-electron chi connectivity index (χ2n) is 5.57. The second kappa shape index (κ2) is 5.47. The Kier molecular flexibility index (Phi) is 3.51. The fourth-order valence-corrected chi connectivity index (χ4v) is 1.82. The maximum absolute atomic E-state index is 11.9. The van der Waals surface area contributed by atoms with Crippen LogP contribution < -0.4 is 5.31 Å². The third kappa shape index (κ3) is 3.75. The molecule has 1 heterocycles. The summed E-state index contributed by atoms with van der Waals surface area (Å²) in [4.78, 5) is 23.4. The van der Waals surface area contributed by atoms with Gasteiger partial charge in [-0.1, -0.05) is 6.07 Å². The number of alkyl carbamates (subject to hydrolysis) is 1. The summed E-state index contributed by atoms with van der Waals surface area (Å²) in [6, 6.07) is 4.90. The van der Waals surface area contributed by atoms with Gasteiger partial charge >= 0.3 is 12.1 Å². The Balaban J connectivity index is 2.32. The summed E-state index contributed by atoms with van der Waals surface area (Å²) in [6.07, 6.45) is 0.462. The lowest BCUT2D eigenvalue weighted by molar-refractivity contribution is -0.139. The molecule has 0 bridgehead atoms. The van der Waals surface area contributed by atoms with Crippen molar-refractivity contribution >= 4 is 23.0 Å². The maximum atomic E-state index is 11.9. The standard InChI is InChI=1S/C15H17NO5/c1-15(2,3)21-14(19)16-12(13(17)18)10-4-5-11-9(8-10)6-7-20-11/h4-8,12H,1-3H3,(H,16,19)(H,17,18)/i/hD. The second-order valence-corrected chi connectivity index (χ2v) is 5.57. The molecule has 0 spiro atoms. The van der Waals surface area contributed by atoms with Crippen LogP contribution in [0.1, 0.15) is 32.4 Å². The van der Waals surface area contributed by atoms with Crippen LogP contribution in [0.2, 0.25) is 1.41 Å². The van der Waals surface area contributed by atoms with Crippen molar-refractivity contribution in [1.29, 1.82) is 0 Å². The first-order valence-corrected chi connectivity index (χ1v) is 6.40. The molecule has 1 aromatic heterocycles. The number of aliphatic carboxylic acids is 1. The van der Waals surface area contributed by atoms with Crippen molar-refractivity contribution in [2.24, 2.45) is 0 Å². The van der Waals surface area contributed by atoms with E-state index in [0.29, 0.717) is 21.8 Å². The van der Waals surface area contributed by atoms with Crippen molar-refractivity contribution in [1.82, 2.24) is 5.31 Å². The van der Waals surface area contributed by atoms with Crippen molar-refractivity contribution in [2.45, 2.75) is 32.4 Å². The molecule has 112 valence electrons. The van der Waals surface area contributed by atoms with Crippen LogP contribution in [0.15, 0.2) is 34.9 Å². The highest BCUT2D eigenvalue weighted by molar-refractivity contribution is 5.84. The van der Waals surface area contributed by atoms with Crippen LogP contribution in [0.3, 0.4) is 0 Å². The molecule has 2 aromatic rings. The van der Waals surface area contributed by atoms with E-state index < -0.39 is 23.7 Å². The van der Waals surface area contributed by atoms with E-state index in [1.807, 2.05) is 0 Å². The molecule has 0 aliphatic carbocycles. The number of amides is 1. The van der Waals surface area contributed by atoms with Gasteiger partial charge in [0.05, 0.1) is 6.26 Å². The summed E-state index contributed by atoms with van der Waals surface area (Å²) in [5.74, 6) is -1.32. The summed E-state index contributed by atoms with van der Waals surface area (Å²) >= 11 is 0. The normalized spacial score (nSPS) is 13.6. The Bertz CT molecular complexity index is 703. The van der Waals surface area contributed by atoms with E-state index in [1.54, 1.807) is 39.0 Å². The van der Waals surface area contributed by atoms with Gasteiger partial charge in [-0.05, 0) is 44.5 Å². The highest BCUT2D eigenvalue weighted by atomic mass is 16.6. The summed E-state index contributed by atoms with van der Waals surface area (Å²) < 4.78 is 18.0. The molecule has 6 heteroatoms. The van der Waals surface area contributed by atoms with E-state index in [-0.39, 0.29) is 0 Å². The number of fused-ring (bicyclic) bond motifs is 1. The van der Waals surface area contributed by atoms with Gasteiger partial charge in [0.25, 0.3) is 0 Å². The van der Waals surface area contributed by atoms with Crippen molar-refractivity contribution in [2.75, 3.05) is 0 Å². The number of benzene rings is 1. The smallest absolute Gasteiger partial charge is 0.408 e. The minimum Gasteiger partial charge on any atom is -0.479 e. The molecule has 0 saturated carbocycles. The summed E-state index contributed by atoms with van der Waals surface area (Å²) in [5.41, 5.74) is 0.0810. The number of carboxylic acids is 1.